The molecular formula is C26H34F4N4O9P2. The van der Waals surface area contributed by atoms with Gasteiger partial charge in [0.25, 0.3) is 0 Å². The first kappa shape index (κ1) is 38.0. The van der Waals surface area contributed by atoms with E-state index in [9.17, 15) is 41.1 Å². The highest BCUT2D eigenvalue weighted by atomic mass is 31.2. The number of halogens is 4. The molecule has 250 valence electrons. The largest absolute Gasteiger partial charge is 0.399 e. The van der Waals surface area contributed by atoms with Crippen molar-refractivity contribution < 1.29 is 60.6 Å². The molecule has 10 N–H and O–H groups in total. The average molecular weight is 685 g/mol. The van der Waals surface area contributed by atoms with Crippen LogP contribution < -0.4 is 22.1 Å². The molecule has 19 heteroatoms. The van der Waals surface area contributed by atoms with E-state index in [4.69, 9.17) is 31.0 Å². The van der Waals surface area contributed by atoms with Crippen LogP contribution >= 0.6 is 15.2 Å². The maximum atomic E-state index is 14.1. The number of alkyl halides is 4. The van der Waals surface area contributed by atoms with Gasteiger partial charge in [-0.2, -0.15) is 17.6 Å². The second-order valence-corrected chi connectivity index (χ2v) is 13.7. The van der Waals surface area contributed by atoms with Crippen LogP contribution in [0.2, 0.25) is 0 Å². The van der Waals surface area contributed by atoms with E-state index >= 15 is 0 Å². The van der Waals surface area contributed by atoms with E-state index in [0.717, 1.165) is 48.5 Å². The number of carbonyl (C=O) groups is 3. The lowest BCUT2D eigenvalue weighted by Gasteiger charge is -2.25. The smallest absolute Gasteiger partial charge is 0.368 e. The van der Waals surface area contributed by atoms with Crippen molar-refractivity contribution in [1.82, 2.24) is 10.6 Å². The number of carbonyl (C=O) groups excluding carboxylic acids is 3. The molecule has 0 aliphatic rings. The lowest BCUT2D eigenvalue weighted by Crippen LogP contribution is -2.57. The fourth-order valence-electron chi connectivity index (χ4n) is 3.98. The lowest BCUT2D eigenvalue weighted by molar-refractivity contribution is -0.132. The molecule has 13 nitrogen and oxygen atoms in total. The number of amides is 3. The fourth-order valence-corrected chi connectivity index (χ4v) is 4.95. The van der Waals surface area contributed by atoms with Gasteiger partial charge in [0.2, 0.25) is 17.7 Å². The Hall–Kier alpha value is -3.17. The second kappa shape index (κ2) is 14.5. The van der Waals surface area contributed by atoms with Crippen LogP contribution in [0, 0.1) is 5.92 Å². The van der Waals surface area contributed by atoms with Gasteiger partial charge in [0.15, 0.2) is 0 Å². The van der Waals surface area contributed by atoms with E-state index in [0.29, 0.717) is 6.42 Å². The Kier molecular flexibility index (Phi) is 12.3. The molecule has 0 fully saturated rings. The molecule has 0 bridgehead atoms. The molecule has 0 aliphatic carbocycles. The van der Waals surface area contributed by atoms with Gasteiger partial charge in [-0.05, 0) is 17.0 Å². The van der Waals surface area contributed by atoms with Crippen molar-refractivity contribution in [2.24, 2.45) is 17.4 Å². The van der Waals surface area contributed by atoms with Gasteiger partial charge in [0.05, 0.1) is 6.04 Å². The zero-order valence-electron chi connectivity index (χ0n) is 23.9. The maximum absolute atomic E-state index is 14.1. The van der Waals surface area contributed by atoms with E-state index in [-0.39, 0.29) is 29.9 Å². The summed E-state index contributed by atoms with van der Waals surface area (Å²) < 4.78 is 78.4. The predicted molar refractivity (Wildman–Crippen MR) is 153 cm³/mol. The highest BCUT2D eigenvalue weighted by Gasteiger charge is 2.51. The summed E-state index contributed by atoms with van der Waals surface area (Å²) in [5.41, 5.74) is 0.748. The van der Waals surface area contributed by atoms with Gasteiger partial charge in [0, 0.05) is 24.0 Å². The highest BCUT2D eigenvalue weighted by molar-refractivity contribution is 7.52. The first-order valence-corrected chi connectivity index (χ1v) is 16.5. The second-order valence-electron chi connectivity index (χ2n) is 10.4. The zero-order valence-corrected chi connectivity index (χ0v) is 25.7. The summed E-state index contributed by atoms with van der Waals surface area (Å²) >= 11 is 0. The van der Waals surface area contributed by atoms with Crippen molar-refractivity contribution in [3.63, 3.8) is 0 Å². The lowest BCUT2D eigenvalue weighted by atomic mass is 9.97. The summed E-state index contributed by atoms with van der Waals surface area (Å²) in [7, 11) is -11.7. The van der Waals surface area contributed by atoms with Gasteiger partial charge in [-0.3, -0.25) is 23.5 Å². The van der Waals surface area contributed by atoms with Crippen molar-refractivity contribution in [3.8, 4) is 0 Å². The number of primary amides is 1. The number of rotatable bonds is 15. The molecule has 0 heterocycles. The van der Waals surface area contributed by atoms with Crippen LogP contribution in [0.15, 0.2) is 48.5 Å². The van der Waals surface area contributed by atoms with Crippen molar-refractivity contribution in [2.75, 3.05) is 0 Å². The fraction of sp³-hybridized carbons (Fsp3) is 0.423. The van der Waals surface area contributed by atoms with Crippen molar-refractivity contribution in [2.45, 2.75) is 62.6 Å². The molecule has 2 rings (SSSR count). The molecule has 45 heavy (non-hydrogen) atoms. The Balaban J connectivity index is 2.33. The zero-order chi connectivity index (χ0) is 34.5. The number of hydrogen-bond acceptors (Lipinski definition) is 6. The van der Waals surface area contributed by atoms with Crippen molar-refractivity contribution >= 4 is 32.9 Å². The third-order valence-corrected chi connectivity index (χ3v) is 9.05. The molecule has 0 radical (unpaired) electrons. The normalized spacial score (nSPS) is 15.4. The molecule has 3 amide bonds. The minimum atomic E-state index is -5.85. The standard InChI is InChI=1S/C26H34F4N4O9P2/c1-3-14(2)21(31)24(37)34-20(13-16-6-10-18(11-7-16)26(29,30)45(41,42)43)23(36)33-19(22(32)35)12-15-4-8-17(9-5-15)25(27,28)44(38,39)40/h4-11,14,19-21H,3,12-13,31H2,1-2H3,(H2,32,35)(H,33,36)(H,34,37)(H2,38,39,40)(H2,41,42,43)/t14-,19-,20-,21-/m0/s1. The van der Waals surface area contributed by atoms with Crippen LogP contribution in [0.5, 0.6) is 0 Å². The van der Waals surface area contributed by atoms with E-state index in [1.165, 1.54) is 0 Å². The van der Waals surface area contributed by atoms with E-state index < -0.39 is 73.5 Å². The van der Waals surface area contributed by atoms with Crippen molar-refractivity contribution in [1.29, 1.82) is 0 Å². The van der Waals surface area contributed by atoms with Gasteiger partial charge >= 0.3 is 26.5 Å². The van der Waals surface area contributed by atoms with E-state index in [1.807, 2.05) is 0 Å². The molecule has 0 saturated carbocycles. The third-order valence-electron chi connectivity index (χ3n) is 7.07. The Morgan fingerprint density at radius 1 is 0.756 bits per heavy atom. The summed E-state index contributed by atoms with van der Waals surface area (Å²) in [4.78, 5) is 74.1. The quantitative estimate of drug-likeness (QED) is 0.0998. The number of benzene rings is 2. The Labute approximate surface area is 255 Å². The SMILES string of the molecule is CC[C@H](C)[C@H](N)C(=O)N[C@@H](Cc1ccc(C(F)(F)P(=O)(O)O)cc1)C(=O)N[C@@H](Cc1ccc(C(F)(F)P(=O)(O)O)cc1)C(N)=O. The Morgan fingerprint density at radius 3 is 1.44 bits per heavy atom. The Bertz CT molecular complexity index is 1470. The minimum absolute atomic E-state index is 0.158. The van der Waals surface area contributed by atoms with Crippen LogP contribution in [-0.2, 0) is 47.7 Å². The average Bonchev–Trinajstić information content (AvgIpc) is 2.94. The molecule has 0 aliphatic heterocycles. The molecule has 0 saturated heterocycles. The van der Waals surface area contributed by atoms with Gasteiger partial charge in [0.1, 0.15) is 12.1 Å². The van der Waals surface area contributed by atoms with E-state index in [1.54, 1.807) is 13.8 Å². The van der Waals surface area contributed by atoms with Gasteiger partial charge in [-0.15, -0.1) is 0 Å². The highest BCUT2D eigenvalue weighted by Crippen LogP contribution is 2.60. The molecule has 0 aromatic heterocycles. The molecular weight excluding hydrogens is 650 g/mol. The molecule has 2 aromatic rings. The minimum Gasteiger partial charge on any atom is -0.368 e. The van der Waals surface area contributed by atoms with Crippen LogP contribution in [0.1, 0.15) is 42.5 Å². The third kappa shape index (κ3) is 9.42. The van der Waals surface area contributed by atoms with Gasteiger partial charge in [-0.1, -0.05) is 68.8 Å². The van der Waals surface area contributed by atoms with Crippen LogP contribution in [0.4, 0.5) is 17.6 Å². The van der Waals surface area contributed by atoms with Gasteiger partial charge in [-0.25, -0.2) is 0 Å². The molecule has 0 spiro atoms. The number of nitrogens with two attached hydrogens (primary N) is 2. The number of hydrogen-bond donors (Lipinski definition) is 8. The number of nitrogens with one attached hydrogen (secondary N) is 2. The predicted octanol–water partition coefficient (Wildman–Crippen LogP) is 1.75. The van der Waals surface area contributed by atoms with Gasteiger partial charge < -0.3 is 41.7 Å². The topological polar surface area (TPSA) is 242 Å². The summed E-state index contributed by atoms with van der Waals surface area (Å²) in [6, 6.07) is 3.13. The molecule has 2 aromatic carbocycles. The summed E-state index contributed by atoms with van der Waals surface area (Å²) in [5.74, 6) is -3.12. The first-order valence-electron chi connectivity index (χ1n) is 13.2. The first-order chi connectivity index (χ1) is 20.5. The van der Waals surface area contributed by atoms with Crippen molar-refractivity contribution in [3.05, 3.63) is 70.8 Å². The summed E-state index contributed by atoms with van der Waals surface area (Å²) in [6.45, 7) is 3.46. The monoisotopic (exact) mass is 684 g/mol. The van der Waals surface area contributed by atoms with Crippen LogP contribution in [-0.4, -0.2) is 55.4 Å². The Morgan fingerprint density at radius 2 is 1.11 bits per heavy atom. The molecule has 4 atom stereocenters. The van der Waals surface area contributed by atoms with Crippen LogP contribution in [0.3, 0.4) is 0 Å². The van der Waals surface area contributed by atoms with Crippen LogP contribution in [0.25, 0.3) is 0 Å². The summed E-state index contributed by atoms with van der Waals surface area (Å²) in [5, 5.41) is 4.77. The summed E-state index contributed by atoms with van der Waals surface area (Å²) in [6.07, 6.45) is -0.213. The van der Waals surface area contributed by atoms with E-state index in [2.05, 4.69) is 10.6 Å². The maximum Gasteiger partial charge on any atom is 0.399 e. The molecule has 0 unspecified atom stereocenters.